The third-order valence-electron chi connectivity index (χ3n) is 5.23. The van der Waals surface area contributed by atoms with Gasteiger partial charge in [-0.3, -0.25) is 0 Å². The van der Waals surface area contributed by atoms with Gasteiger partial charge in [0.2, 0.25) is 5.95 Å². The van der Waals surface area contributed by atoms with Crippen molar-refractivity contribution in [2.45, 2.75) is 40.8 Å². The van der Waals surface area contributed by atoms with Crippen molar-refractivity contribution in [2.75, 3.05) is 38.3 Å². The summed E-state index contributed by atoms with van der Waals surface area (Å²) in [6, 6.07) is 5.27. The molecule has 9 nitrogen and oxygen atoms in total. The number of anilines is 1. The molecule has 0 unspecified atom stereocenters. The van der Waals surface area contributed by atoms with Gasteiger partial charge in [0.25, 0.3) is 0 Å². The lowest BCUT2D eigenvalue weighted by atomic mass is 10.1. The van der Waals surface area contributed by atoms with E-state index < -0.39 is 11.6 Å². The van der Waals surface area contributed by atoms with Crippen LogP contribution < -0.4 is 4.90 Å². The van der Waals surface area contributed by atoms with E-state index in [0.717, 1.165) is 11.8 Å². The Labute approximate surface area is 215 Å². The minimum atomic E-state index is -0.696. The highest BCUT2D eigenvalue weighted by molar-refractivity contribution is 5.88. The van der Waals surface area contributed by atoms with E-state index in [-0.39, 0.29) is 5.56 Å². The van der Waals surface area contributed by atoms with E-state index in [1.54, 1.807) is 18.0 Å². The maximum atomic E-state index is 14.4. The zero-order chi connectivity index (χ0) is 26.8. The molecule has 4 aromatic rings. The van der Waals surface area contributed by atoms with Gasteiger partial charge in [-0.05, 0) is 32.0 Å². The first-order chi connectivity index (χ1) is 17.9. The number of ether oxygens (including phenoxy) is 2. The lowest BCUT2D eigenvalue weighted by molar-refractivity contribution is 0.120. The van der Waals surface area contributed by atoms with Crippen molar-refractivity contribution in [1.29, 1.82) is 0 Å². The molecule has 1 fully saturated rings. The molecule has 11 heteroatoms. The predicted molar refractivity (Wildman–Crippen MR) is 138 cm³/mol. The first kappa shape index (κ1) is 28.0. The highest BCUT2D eigenvalue weighted by Crippen LogP contribution is 2.29. The second-order valence-corrected chi connectivity index (χ2v) is 8.33. The maximum absolute atomic E-state index is 14.4. The van der Waals surface area contributed by atoms with Crippen LogP contribution in [0.3, 0.4) is 0 Å². The molecule has 0 bridgehead atoms. The fourth-order valence-corrected chi connectivity index (χ4v) is 3.38. The molecule has 0 spiro atoms. The molecule has 1 aliphatic rings. The number of morpholine rings is 1. The largest absolute Gasteiger partial charge is 0.378 e. The molecule has 3 aromatic heterocycles. The zero-order valence-electron chi connectivity index (χ0n) is 21.9. The second kappa shape index (κ2) is 13.7. The van der Waals surface area contributed by atoms with Crippen LogP contribution in [0.5, 0.6) is 0 Å². The average Bonchev–Trinajstić information content (AvgIpc) is 3.40. The van der Waals surface area contributed by atoms with Crippen LogP contribution in [-0.2, 0) is 16.2 Å². The topological polar surface area (TPSA) is 91.1 Å². The van der Waals surface area contributed by atoms with Crippen LogP contribution in [0.4, 0.5) is 14.7 Å². The van der Waals surface area contributed by atoms with Gasteiger partial charge in [-0.15, -0.1) is 0 Å². The average molecular weight is 514 g/mol. The van der Waals surface area contributed by atoms with E-state index in [1.807, 2.05) is 31.0 Å². The Bertz CT molecular complexity index is 1280. The third kappa shape index (κ3) is 7.46. The number of rotatable bonds is 4. The number of hydrogen-bond donors (Lipinski definition) is 0. The Hall–Kier alpha value is -3.57. The summed E-state index contributed by atoms with van der Waals surface area (Å²) in [5, 5.41) is 3.90. The summed E-state index contributed by atoms with van der Waals surface area (Å²) < 4.78 is 39.6. The Morgan fingerprint density at radius 2 is 1.70 bits per heavy atom. The van der Waals surface area contributed by atoms with Crippen molar-refractivity contribution in [3.05, 3.63) is 59.7 Å². The van der Waals surface area contributed by atoms with Crippen molar-refractivity contribution in [2.24, 2.45) is 0 Å². The highest BCUT2D eigenvalue weighted by Gasteiger charge is 2.21. The van der Waals surface area contributed by atoms with Gasteiger partial charge in [-0.25, -0.2) is 28.4 Å². The quantitative estimate of drug-likeness (QED) is 0.387. The van der Waals surface area contributed by atoms with Gasteiger partial charge in [0.05, 0.1) is 24.6 Å². The molecule has 37 heavy (non-hydrogen) atoms. The monoisotopic (exact) mass is 513 g/mol. The normalized spacial score (nSPS) is 13.0. The lowest BCUT2D eigenvalue weighted by Crippen LogP contribution is -2.37. The van der Waals surface area contributed by atoms with Crippen molar-refractivity contribution in [1.82, 2.24) is 29.7 Å². The van der Waals surface area contributed by atoms with Crippen molar-refractivity contribution in [3.8, 4) is 11.3 Å². The van der Waals surface area contributed by atoms with Crippen LogP contribution >= 0.6 is 0 Å². The van der Waals surface area contributed by atoms with Crippen LogP contribution in [0.15, 0.2) is 36.7 Å². The van der Waals surface area contributed by atoms with Crippen LogP contribution in [0, 0.1) is 25.5 Å². The summed E-state index contributed by atoms with van der Waals surface area (Å²) in [5.74, 6) is -0.897. The molecule has 0 saturated carbocycles. The van der Waals surface area contributed by atoms with E-state index in [9.17, 15) is 8.78 Å². The van der Waals surface area contributed by atoms with Crippen LogP contribution in [0.1, 0.15) is 31.7 Å². The van der Waals surface area contributed by atoms with Gasteiger partial charge in [0.15, 0.2) is 5.65 Å². The Morgan fingerprint density at radius 1 is 1.00 bits per heavy atom. The summed E-state index contributed by atoms with van der Waals surface area (Å²) in [5.41, 5.74) is 2.73. The van der Waals surface area contributed by atoms with Crippen molar-refractivity contribution >= 4 is 17.1 Å². The molecule has 0 amide bonds. The van der Waals surface area contributed by atoms with Crippen LogP contribution in [-0.4, -0.2) is 63.1 Å². The lowest BCUT2D eigenvalue weighted by Gasteiger charge is -2.27. The number of halogens is 2. The molecular formula is C26H33F2N7O2. The molecule has 1 aliphatic heterocycles. The first-order valence-corrected chi connectivity index (χ1v) is 12.1. The summed E-state index contributed by atoms with van der Waals surface area (Å²) >= 11 is 0. The molecule has 0 N–H and O–H groups in total. The SMILES string of the molecule is CCC.COCn1cccn1.Cc1nc2nc(N3CCOCC3)nc(-c3ccc(F)cc3F)c2nc1C. The van der Waals surface area contributed by atoms with Gasteiger partial charge in [0.1, 0.15) is 29.6 Å². The summed E-state index contributed by atoms with van der Waals surface area (Å²) in [7, 11) is 1.64. The van der Waals surface area contributed by atoms with E-state index >= 15 is 0 Å². The van der Waals surface area contributed by atoms with Crippen molar-refractivity contribution < 1.29 is 18.3 Å². The number of benzene rings is 1. The number of methoxy groups -OCH3 is 1. The van der Waals surface area contributed by atoms with Gasteiger partial charge < -0.3 is 14.4 Å². The van der Waals surface area contributed by atoms with Gasteiger partial charge in [0, 0.05) is 44.2 Å². The molecule has 0 aliphatic carbocycles. The fraction of sp³-hybridized carbons (Fsp3) is 0.423. The smallest absolute Gasteiger partial charge is 0.228 e. The molecule has 4 heterocycles. The molecule has 1 aromatic carbocycles. The summed E-state index contributed by atoms with van der Waals surface area (Å²) in [6.07, 6.45) is 4.82. The number of aryl methyl sites for hydroxylation is 2. The highest BCUT2D eigenvalue weighted by atomic mass is 19.1. The van der Waals surface area contributed by atoms with Crippen molar-refractivity contribution in [3.63, 3.8) is 0 Å². The Kier molecular flexibility index (Phi) is 10.3. The molecule has 198 valence electrons. The fourth-order valence-electron chi connectivity index (χ4n) is 3.38. The molecule has 5 rings (SSSR count). The first-order valence-electron chi connectivity index (χ1n) is 12.1. The number of fused-ring (bicyclic) bond motifs is 1. The number of aromatic nitrogens is 6. The minimum absolute atomic E-state index is 0.172. The molecule has 1 saturated heterocycles. The number of hydrogen-bond acceptors (Lipinski definition) is 8. The predicted octanol–water partition coefficient (Wildman–Crippen LogP) is 4.72. The molecular weight excluding hydrogens is 480 g/mol. The summed E-state index contributed by atoms with van der Waals surface area (Å²) in [4.78, 5) is 20.0. The Balaban J connectivity index is 0.000000290. The van der Waals surface area contributed by atoms with Crippen LogP contribution in [0.2, 0.25) is 0 Å². The van der Waals surface area contributed by atoms with E-state index in [2.05, 4.69) is 38.9 Å². The van der Waals surface area contributed by atoms with Gasteiger partial charge in [-0.2, -0.15) is 10.1 Å². The molecule has 0 atom stereocenters. The van der Waals surface area contributed by atoms with E-state index in [4.69, 9.17) is 9.47 Å². The third-order valence-corrected chi connectivity index (χ3v) is 5.23. The maximum Gasteiger partial charge on any atom is 0.228 e. The van der Waals surface area contributed by atoms with Gasteiger partial charge in [-0.1, -0.05) is 20.3 Å². The Morgan fingerprint density at radius 3 is 2.32 bits per heavy atom. The number of nitrogens with zero attached hydrogens (tertiary/aromatic N) is 7. The van der Waals surface area contributed by atoms with E-state index in [1.165, 1.54) is 18.6 Å². The van der Waals surface area contributed by atoms with Crippen LogP contribution in [0.25, 0.3) is 22.4 Å². The zero-order valence-corrected chi connectivity index (χ0v) is 21.9. The summed E-state index contributed by atoms with van der Waals surface area (Å²) in [6.45, 7) is 10.9. The minimum Gasteiger partial charge on any atom is -0.378 e. The van der Waals surface area contributed by atoms with Gasteiger partial charge >= 0.3 is 0 Å². The molecule has 0 radical (unpaired) electrons. The standard InChI is InChI=1S/C18H17F2N5O.C5H8N2O.C3H8/c1-10-11(2)22-17-16(21-10)15(13-4-3-12(19)9-14(13)20)23-18(24-17)25-5-7-26-8-6-25;1-8-5-7-4-2-3-6-7;1-3-2/h3-4,9H,5-8H2,1-2H3;2-4H,5H2,1H3;3H2,1-2H3. The second-order valence-electron chi connectivity index (χ2n) is 8.33. The van der Waals surface area contributed by atoms with E-state index in [0.29, 0.717) is 61.5 Å².